The summed E-state index contributed by atoms with van der Waals surface area (Å²) in [7, 11) is 0. The Morgan fingerprint density at radius 2 is 0.707 bits per heavy atom. The molecule has 0 bridgehead atoms. The van der Waals surface area contributed by atoms with Gasteiger partial charge in [0.15, 0.2) is 0 Å². The topological polar surface area (TPSA) is 29.5 Å². The maximum absolute atomic E-state index is 6.24. The minimum absolute atomic E-state index is 0.899. The van der Waals surface area contributed by atoms with Crippen molar-refractivity contribution in [2.75, 3.05) is 4.90 Å². The molecule has 0 saturated heterocycles. The Hall–Kier alpha value is -7.62. The highest BCUT2D eigenvalue weighted by molar-refractivity contribution is 6.13. The Bertz CT molecular complexity index is 3190. The van der Waals surface area contributed by atoms with Gasteiger partial charge in [0.05, 0.1) is 0 Å². The van der Waals surface area contributed by atoms with Crippen molar-refractivity contribution in [1.29, 1.82) is 0 Å². The first-order chi connectivity index (χ1) is 28.7. The van der Waals surface area contributed by atoms with Crippen LogP contribution in [0.5, 0.6) is 0 Å². The van der Waals surface area contributed by atoms with Crippen molar-refractivity contribution in [2.45, 2.75) is 6.42 Å². The van der Waals surface area contributed by atoms with E-state index in [1.807, 2.05) is 24.3 Å². The van der Waals surface area contributed by atoms with E-state index in [0.717, 1.165) is 89.6 Å². The summed E-state index contributed by atoms with van der Waals surface area (Å²) in [4.78, 5) is 2.35. The molecule has 0 fully saturated rings. The van der Waals surface area contributed by atoms with Crippen molar-refractivity contribution < 1.29 is 8.83 Å². The minimum Gasteiger partial charge on any atom is -0.456 e. The molecule has 0 amide bonds. The number of anilines is 3. The zero-order valence-corrected chi connectivity index (χ0v) is 31.5. The molecule has 12 rings (SSSR count). The highest BCUT2D eigenvalue weighted by Crippen LogP contribution is 2.45. The van der Waals surface area contributed by atoms with Crippen LogP contribution in [-0.2, 0) is 6.42 Å². The molecule has 3 heteroatoms. The first-order valence-corrected chi connectivity index (χ1v) is 19.9. The SMILES string of the molecule is c1ccc2c(c1)Cc1cccc(-c3ccc(N(c4ccc(-c5cccc6oc7ccccc7c56)cc4)c4ccc(-c5cccc6oc7ccccc7c56)cc4)cc3)c1-2. The van der Waals surface area contributed by atoms with Crippen LogP contribution in [0.3, 0.4) is 0 Å². The Morgan fingerprint density at radius 3 is 1.26 bits per heavy atom. The van der Waals surface area contributed by atoms with Crippen molar-refractivity contribution in [3.8, 4) is 44.5 Å². The Kier molecular flexibility index (Phi) is 7.29. The number of hydrogen-bond donors (Lipinski definition) is 0. The Balaban J connectivity index is 0.964. The molecule has 272 valence electrons. The number of para-hydroxylation sites is 2. The summed E-state index contributed by atoms with van der Waals surface area (Å²) < 4.78 is 12.5. The lowest BCUT2D eigenvalue weighted by Crippen LogP contribution is -2.09. The van der Waals surface area contributed by atoms with Crippen LogP contribution in [-0.4, -0.2) is 0 Å². The molecule has 2 heterocycles. The molecule has 0 N–H and O–H groups in total. The van der Waals surface area contributed by atoms with Crippen LogP contribution in [0.4, 0.5) is 17.1 Å². The highest BCUT2D eigenvalue weighted by atomic mass is 16.3. The lowest BCUT2D eigenvalue weighted by Gasteiger charge is -2.26. The quantitative estimate of drug-likeness (QED) is 0.170. The van der Waals surface area contributed by atoms with E-state index in [1.54, 1.807) is 0 Å². The maximum Gasteiger partial charge on any atom is 0.136 e. The number of benzene rings is 9. The van der Waals surface area contributed by atoms with Gasteiger partial charge >= 0.3 is 0 Å². The summed E-state index contributed by atoms with van der Waals surface area (Å²) in [5.74, 6) is 0. The zero-order valence-electron chi connectivity index (χ0n) is 31.5. The Morgan fingerprint density at radius 1 is 0.310 bits per heavy atom. The third-order valence-electron chi connectivity index (χ3n) is 11.9. The van der Waals surface area contributed by atoms with Crippen molar-refractivity contribution in [3.63, 3.8) is 0 Å². The molecule has 1 aliphatic rings. The molecular weight excluding hydrogens is 707 g/mol. The summed E-state index contributed by atoms with van der Waals surface area (Å²) >= 11 is 0. The van der Waals surface area contributed by atoms with Gasteiger partial charge in [0.2, 0.25) is 0 Å². The first kappa shape index (κ1) is 32.6. The molecule has 0 radical (unpaired) electrons. The van der Waals surface area contributed by atoms with Crippen molar-refractivity contribution in [3.05, 3.63) is 211 Å². The summed E-state index contributed by atoms with van der Waals surface area (Å²) in [6, 6.07) is 71.7. The van der Waals surface area contributed by atoms with Crippen LogP contribution in [0.2, 0.25) is 0 Å². The van der Waals surface area contributed by atoms with Gasteiger partial charge < -0.3 is 13.7 Å². The number of fused-ring (bicyclic) bond motifs is 9. The van der Waals surface area contributed by atoms with Crippen LogP contribution < -0.4 is 4.90 Å². The molecule has 11 aromatic rings. The van der Waals surface area contributed by atoms with Gasteiger partial charge in [-0.2, -0.15) is 0 Å². The molecule has 58 heavy (non-hydrogen) atoms. The second-order valence-electron chi connectivity index (χ2n) is 15.2. The van der Waals surface area contributed by atoms with Gasteiger partial charge in [-0.05, 0) is 123 Å². The fraction of sp³-hybridized carbons (Fsp3) is 0.0182. The minimum atomic E-state index is 0.899. The van der Waals surface area contributed by atoms with Crippen LogP contribution in [0.1, 0.15) is 11.1 Å². The summed E-state index contributed by atoms with van der Waals surface area (Å²) in [6.07, 6.45) is 0.980. The summed E-state index contributed by atoms with van der Waals surface area (Å²) in [5, 5.41) is 4.55. The number of rotatable bonds is 6. The summed E-state index contributed by atoms with van der Waals surface area (Å²) in [6.45, 7) is 0. The van der Waals surface area contributed by atoms with E-state index in [-0.39, 0.29) is 0 Å². The van der Waals surface area contributed by atoms with Crippen LogP contribution >= 0.6 is 0 Å². The van der Waals surface area contributed by atoms with Gasteiger partial charge in [0.1, 0.15) is 22.3 Å². The van der Waals surface area contributed by atoms with E-state index in [1.165, 1.54) is 33.4 Å². The van der Waals surface area contributed by atoms with E-state index in [4.69, 9.17) is 8.83 Å². The van der Waals surface area contributed by atoms with E-state index >= 15 is 0 Å². The van der Waals surface area contributed by atoms with Crippen molar-refractivity contribution in [2.24, 2.45) is 0 Å². The lowest BCUT2D eigenvalue weighted by atomic mass is 9.94. The maximum atomic E-state index is 6.24. The Labute approximate surface area is 335 Å². The first-order valence-electron chi connectivity index (χ1n) is 19.9. The molecule has 1 aliphatic carbocycles. The molecule has 0 unspecified atom stereocenters. The fourth-order valence-electron chi connectivity index (χ4n) is 9.28. The second kappa shape index (κ2) is 13.0. The normalized spacial score (nSPS) is 12.1. The molecule has 2 aromatic heterocycles. The average Bonchev–Trinajstić information content (AvgIpc) is 3.99. The smallest absolute Gasteiger partial charge is 0.136 e. The van der Waals surface area contributed by atoms with E-state index < -0.39 is 0 Å². The van der Waals surface area contributed by atoms with Gasteiger partial charge in [-0.3, -0.25) is 0 Å². The predicted octanol–water partition coefficient (Wildman–Crippen LogP) is 15.5. The zero-order chi connectivity index (χ0) is 38.2. The van der Waals surface area contributed by atoms with E-state index in [9.17, 15) is 0 Å². The summed E-state index contributed by atoms with van der Waals surface area (Å²) in [5.41, 5.74) is 19.4. The largest absolute Gasteiger partial charge is 0.456 e. The monoisotopic (exact) mass is 741 g/mol. The highest BCUT2D eigenvalue weighted by Gasteiger charge is 2.22. The van der Waals surface area contributed by atoms with Gasteiger partial charge in [-0.1, -0.05) is 140 Å². The third kappa shape index (κ3) is 5.14. The molecule has 9 aromatic carbocycles. The molecule has 0 saturated carbocycles. The van der Waals surface area contributed by atoms with Gasteiger partial charge in [0, 0.05) is 38.6 Å². The second-order valence-corrected chi connectivity index (χ2v) is 15.2. The molecule has 0 spiro atoms. The van der Waals surface area contributed by atoms with Gasteiger partial charge in [-0.25, -0.2) is 0 Å². The molecule has 3 nitrogen and oxygen atoms in total. The van der Waals surface area contributed by atoms with Crippen LogP contribution in [0, 0.1) is 0 Å². The number of furan rings is 2. The van der Waals surface area contributed by atoms with Crippen molar-refractivity contribution >= 4 is 60.9 Å². The molecular formula is C55H35NO2. The third-order valence-corrected chi connectivity index (χ3v) is 11.9. The standard InChI is InChI=1S/C55H35NO2/c1-2-12-46-38(10-1)34-39-11-7-15-43(53(39)46)35-22-28-40(29-23-35)56(41-30-24-36(25-31-41)44-16-8-20-51-54(44)47-13-3-5-18-49(47)57-51)42-32-26-37(27-33-42)45-17-9-21-52-55(45)48-14-4-6-19-50(48)58-52/h1-33H,34H2. The van der Waals surface area contributed by atoms with Gasteiger partial charge in [0.25, 0.3) is 0 Å². The molecule has 0 atom stereocenters. The van der Waals surface area contributed by atoms with Crippen LogP contribution in [0.15, 0.2) is 209 Å². The predicted molar refractivity (Wildman–Crippen MR) is 240 cm³/mol. The van der Waals surface area contributed by atoms with E-state index in [2.05, 4.69) is 181 Å². The van der Waals surface area contributed by atoms with Gasteiger partial charge in [-0.15, -0.1) is 0 Å². The molecule has 0 aliphatic heterocycles. The number of hydrogen-bond acceptors (Lipinski definition) is 3. The number of nitrogens with zero attached hydrogens (tertiary/aromatic N) is 1. The van der Waals surface area contributed by atoms with E-state index in [0.29, 0.717) is 0 Å². The lowest BCUT2D eigenvalue weighted by molar-refractivity contribution is 0.668. The average molecular weight is 742 g/mol. The van der Waals surface area contributed by atoms with Crippen molar-refractivity contribution in [1.82, 2.24) is 0 Å². The fourth-order valence-corrected chi connectivity index (χ4v) is 9.28. The van der Waals surface area contributed by atoms with Crippen LogP contribution in [0.25, 0.3) is 88.4 Å².